The van der Waals surface area contributed by atoms with E-state index < -0.39 is 5.97 Å². The third-order valence-corrected chi connectivity index (χ3v) is 4.13. The first-order valence-electron chi connectivity index (χ1n) is 5.94. The number of carbonyl (C=O) groups is 1. The molecule has 18 heavy (non-hydrogen) atoms. The largest absolute Gasteiger partial charge is 0.481 e. The van der Waals surface area contributed by atoms with Gasteiger partial charge in [-0.15, -0.1) is 10.2 Å². The van der Waals surface area contributed by atoms with Crippen molar-refractivity contribution in [3.8, 4) is 0 Å². The number of aryl methyl sites for hydroxylation is 1. The van der Waals surface area contributed by atoms with Crippen molar-refractivity contribution in [3.05, 3.63) is 5.82 Å². The van der Waals surface area contributed by atoms with E-state index >= 15 is 0 Å². The summed E-state index contributed by atoms with van der Waals surface area (Å²) in [5, 5.41) is 17.4. The number of nitrogens with zero attached hydrogens (tertiary/aromatic N) is 3. The van der Waals surface area contributed by atoms with E-state index in [4.69, 9.17) is 9.84 Å². The minimum absolute atomic E-state index is 0.00878. The van der Waals surface area contributed by atoms with Crippen molar-refractivity contribution in [3.63, 3.8) is 0 Å². The molecule has 1 aromatic heterocycles. The van der Waals surface area contributed by atoms with Gasteiger partial charge in [-0.1, -0.05) is 11.8 Å². The number of carboxylic acids is 1. The molecule has 0 saturated carbocycles. The predicted octanol–water partition coefficient (Wildman–Crippen LogP) is 1.19. The Kier molecular flexibility index (Phi) is 4.23. The second-order valence-corrected chi connectivity index (χ2v) is 5.39. The fourth-order valence-electron chi connectivity index (χ4n) is 2.06. The lowest BCUT2D eigenvalue weighted by Crippen LogP contribution is -2.19. The zero-order chi connectivity index (χ0) is 13.1. The van der Waals surface area contributed by atoms with Gasteiger partial charge in [0.15, 0.2) is 5.16 Å². The van der Waals surface area contributed by atoms with Crippen molar-refractivity contribution in [2.75, 3.05) is 12.4 Å². The van der Waals surface area contributed by atoms with Gasteiger partial charge < -0.3 is 14.4 Å². The van der Waals surface area contributed by atoms with Gasteiger partial charge >= 0.3 is 5.97 Å². The Balaban J connectivity index is 2.06. The van der Waals surface area contributed by atoms with Crippen LogP contribution in [0.1, 0.15) is 19.2 Å². The Labute approximate surface area is 110 Å². The fourth-order valence-corrected chi connectivity index (χ4v) is 2.77. The molecule has 1 N–H and O–H groups in total. The van der Waals surface area contributed by atoms with Crippen LogP contribution in [-0.2, 0) is 16.1 Å². The van der Waals surface area contributed by atoms with Gasteiger partial charge in [-0.05, 0) is 20.3 Å². The van der Waals surface area contributed by atoms with Crippen molar-refractivity contribution in [1.82, 2.24) is 14.8 Å². The lowest BCUT2D eigenvalue weighted by molar-refractivity contribution is -0.133. The van der Waals surface area contributed by atoms with E-state index in [0.717, 1.165) is 25.4 Å². The summed E-state index contributed by atoms with van der Waals surface area (Å²) in [6.45, 7) is 5.55. The second kappa shape index (κ2) is 5.71. The van der Waals surface area contributed by atoms with Gasteiger partial charge in [0.05, 0.1) is 11.9 Å². The van der Waals surface area contributed by atoms with Gasteiger partial charge in [-0.2, -0.15) is 0 Å². The third-order valence-electron chi connectivity index (χ3n) is 3.18. The molecule has 0 amide bonds. The number of rotatable bonds is 5. The highest BCUT2D eigenvalue weighted by molar-refractivity contribution is 7.99. The third kappa shape index (κ3) is 3.02. The van der Waals surface area contributed by atoms with Gasteiger partial charge in [-0.25, -0.2) is 0 Å². The van der Waals surface area contributed by atoms with Gasteiger partial charge in [-0.3, -0.25) is 4.79 Å². The number of thioether (sulfide) groups is 1. The molecule has 0 aromatic carbocycles. The molecule has 1 fully saturated rings. The summed E-state index contributed by atoms with van der Waals surface area (Å²) in [6, 6.07) is 0. The zero-order valence-electron chi connectivity index (χ0n) is 10.5. The number of aliphatic carboxylic acids is 1. The maximum Gasteiger partial charge on any atom is 0.313 e. The molecule has 2 atom stereocenters. The van der Waals surface area contributed by atoms with Gasteiger partial charge in [0.1, 0.15) is 5.82 Å². The van der Waals surface area contributed by atoms with Gasteiger partial charge in [0.25, 0.3) is 0 Å². The van der Waals surface area contributed by atoms with Crippen LogP contribution < -0.4 is 0 Å². The van der Waals surface area contributed by atoms with E-state index in [1.54, 1.807) is 0 Å². The van der Waals surface area contributed by atoms with E-state index in [9.17, 15) is 4.79 Å². The van der Waals surface area contributed by atoms with Crippen molar-refractivity contribution in [2.45, 2.75) is 38.1 Å². The molecule has 1 saturated heterocycles. The maximum absolute atomic E-state index is 10.6. The van der Waals surface area contributed by atoms with E-state index in [1.807, 2.05) is 11.5 Å². The molecule has 0 radical (unpaired) electrons. The molecule has 6 nitrogen and oxygen atoms in total. The van der Waals surface area contributed by atoms with E-state index in [2.05, 4.69) is 17.1 Å². The van der Waals surface area contributed by atoms with Crippen LogP contribution >= 0.6 is 11.8 Å². The minimum Gasteiger partial charge on any atom is -0.481 e. The summed E-state index contributed by atoms with van der Waals surface area (Å²) in [6.07, 6.45) is 1.27. The highest BCUT2D eigenvalue weighted by atomic mass is 32.2. The normalized spacial score (nSPS) is 23.4. The molecule has 2 unspecified atom stereocenters. The lowest BCUT2D eigenvalue weighted by Gasteiger charge is -2.16. The average Bonchev–Trinajstić information content (AvgIpc) is 2.86. The van der Waals surface area contributed by atoms with Gasteiger partial charge in [0, 0.05) is 19.1 Å². The molecular formula is C11H17N3O3S. The second-order valence-electron chi connectivity index (χ2n) is 4.45. The quantitative estimate of drug-likeness (QED) is 0.811. The molecule has 1 aliphatic rings. The first-order chi connectivity index (χ1) is 8.58. The number of carboxylic acid groups (broad SMARTS) is 1. The molecule has 0 spiro atoms. The fraction of sp³-hybridized carbons (Fsp3) is 0.727. The molecular weight excluding hydrogens is 254 g/mol. The van der Waals surface area contributed by atoms with Crippen molar-refractivity contribution >= 4 is 17.7 Å². The topological polar surface area (TPSA) is 77.2 Å². The number of hydrogen-bond acceptors (Lipinski definition) is 5. The van der Waals surface area contributed by atoms with E-state index in [0.29, 0.717) is 11.1 Å². The number of hydrogen-bond donors (Lipinski definition) is 1. The van der Waals surface area contributed by atoms with Crippen LogP contribution in [0.15, 0.2) is 5.16 Å². The van der Waals surface area contributed by atoms with Crippen LogP contribution in [0.5, 0.6) is 0 Å². The average molecular weight is 271 g/mol. The van der Waals surface area contributed by atoms with E-state index in [1.165, 1.54) is 11.8 Å². The Morgan fingerprint density at radius 1 is 1.61 bits per heavy atom. The Bertz CT molecular complexity index is 435. The standard InChI is InChI=1S/C11H17N3O3S/c1-7-9(3-4-17-7)5-14-8(2)12-13-11(14)18-6-10(15)16/h7,9H,3-6H2,1-2H3,(H,15,16). The van der Waals surface area contributed by atoms with Crippen LogP contribution in [0, 0.1) is 12.8 Å². The molecule has 2 heterocycles. The number of ether oxygens (including phenoxy) is 1. The smallest absolute Gasteiger partial charge is 0.313 e. The van der Waals surface area contributed by atoms with Crippen LogP contribution in [0.3, 0.4) is 0 Å². The summed E-state index contributed by atoms with van der Waals surface area (Å²) < 4.78 is 7.53. The molecule has 0 bridgehead atoms. The van der Waals surface area contributed by atoms with Crippen molar-refractivity contribution < 1.29 is 14.6 Å². The summed E-state index contributed by atoms with van der Waals surface area (Å²) in [7, 11) is 0. The molecule has 0 aliphatic carbocycles. The minimum atomic E-state index is -0.843. The molecule has 100 valence electrons. The van der Waals surface area contributed by atoms with E-state index in [-0.39, 0.29) is 11.9 Å². The zero-order valence-corrected chi connectivity index (χ0v) is 11.3. The van der Waals surface area contributed by atoms with Crippen LogP contribution in [0.2, 0.25) is 0 Å². The van der Waals surface area contributed by atoms with Crippen molar-refractivity contribution in [2.24, 2.45) is 5.92 Å². The predicted molar refractivity (Wildman–Crippen MR) is 66.6 cm³/mol. The van der Waals surface area contributed by atoms with Crippen LogP contribution in [0.25, 0.3) is 0 Å². The Hall–Kier alpha value is -1.08. The highest BCUT2D eigenvalue weighted by Crippen LogP contribution is 2.25. The summed E-state index contributed by atoms with van der Waals surface area (Å²) in [5.41, 5.74) is 0. The molecule has 1 aliphatic heterocycles. The number of aromatic nitrogens is 3. The summed E-state index contributed by atoms with van der Waals surface area (Å²) >= 11 is 1.21. The van der Waals surface area contributed by atoms with Crippen LogP contribution in [-0.4, -0.2) is 44.3 Å². The molecule has 2 rings (SSSR count). The summed E-state index contributed by atoms with van der Waals surface area (Å²) in [4.78, 5) is 10.6. The van der Waals surface area contributed by atoms with Crippen molar-refractivity contribution in [1.29, 1.82) is 0 Å². The monoisotopic (exact) mass is 271 g/mol. The first-order valence-corrected chi connectivity index (χ1v) is 6.92. The molecule has 1 aromatic rings. The Morgan fingerprint density at radius 2 is 2.39 bits per heavy atom. The SMILES string of the molecule is Cc1nnc(SCC(=O)O)n1CC1CCOC1C. The Morgan fingerprint density at radius 3 is 3.00 bits per heavy atom. The maximum atomic E-state index is 10.6. The lowest BCUT2D eigenvalue weighted by atomic mass is 10.0. The van der Waals surface area contributed by atoms with Crippen LogP contribution in [0.4, 0.5) is 0 Å². The summed E-state index contributed by atoms with van der Waals surface area (Å²) in [5.74, 6) is 0.435. The highest BCUT2D eigenvalue weighted by Gasteiger charge is 2.26. The molecule has 7 heteroatoms. The van der Waals surface area contributed by atoms with Gasteiger partial charge in [0.2, 0.25) is 0 Å². The first kappa shape index (κ1) is 13.4.